The van der Waals surface area contributed by atoms with Crippen LogP contribution >= 0.6 is 15.9 Å². The fourth-order valence-corrected chi connectivity index (χ4v) is 2.87. The average Bonchev–Trinajstić information content (AvgIpc) is 2.60. The number of carbonyl (C=O) groups is 1. The monoisotopic (exact) mass is 391 g/mol. The second kappa shape index (κ2) is 9.33. The Morgan fingerprint density at radius 2 is 1.75 bits per heavy atom. The SMILES string of the molecule is COc1ccc(CCNC(=O)CCc2cccc(Br)c2)cc1OC. The molecule has 0 saturated heterocycles. The molecule has 128 valence electrons. The highest BCUT2D eigenvalue weighted by Gasteiger charge is 2.06. The number of aryl methyl sites for hydroxylation is 1. The number of ether oxygens (including phenoxy) is 2. The molecule has 2 aromatic carbocycles. The molecule has 0 heterocycles. The Morgan fingerprint density at radius 3 is 2.46 bits per heavy atom. The highest BCUT2D eigenvalue weighted by Crippen LogP contribution is 2.27. The third-order valence-corrected chi connectivity index (χ3v) is 4.21. The minimum Gasteiger partial charge on any atom is -0.493 e. The first-order valence-corrected chi connectivity index (χ1v) is 8.63. The van der Waals surface area contributed by atoms with Crippen LogP contribution in [0.2, 0.25) is 0 Å². The molecular formula is C19H22BrNO3. The van der Waals surface area contributed by atoms with Crippen LogP contribution in [0.1, 0.15) is 17.5 Å². The van der Waals surface area contributed by atoms with Gasteiger partial charge in [0.05, 0.1) is 14.2 Å². The predicted octanol–water partition coefficient (Wildman–Crippen LogP) is 3.76. The molecule has 0 fully saturated rings. The van der Waals surface area contributed by atoms with Crippen molar-refractivity contribution in [1.29, 1.82) is 0 Å². The highest BCUT2D eigenvalue weighted by molar-refractivity contribution is 9.10. The van der Waals surface area contributed by atoms with Crippen LogP contribution in [0.15, 0.2) is 46.9 Å². The number of methoxy groups -OCH3 is 2. The third-order valence-electron chi connectivity index (χ3n) is 3.71. The second-order valence-corrected chi connectivity index (χ2v) is 6.33. The van der Waals surface area contributed by atoms with Gasteiger partial charge in [0.25, 0.3) is 0 Å². The van der Waals surface area contributed by atoms with Crippen LogP contribution in [0, 0.1) is 0 Å². The fourth-order valence-electron chi connectivity index (χ4n) is 2.42. The van der Waals surface area contributed by atoms with Gasteiger partial charge in [-0.2, -0.15) is 0 Å². The van der Waals surface area contributed by atoms with E-state index in [0.717, 1.165) is 28.4 Å². The first kappa shape index (κ1) is 18.3. The summed E-state index contributed by atoms with van der Waals surface area (Å²) in [5.74, 6) is 1.48. The van der Waals surface area contributed by atoms with E-state index in [4.69, 9.17) is 9.47 Å². The maximum absolute atomic E-state index is 11.9. The summed E-state index contributed by atoms with van der Waals surface area (Å²) in [5.41, 5.74) is 2.25. The summed E-state index contributed by atoms with van der Waals surface area (Å²) in [6.45, 7) is 0.604. The quantitative estimate of drug-likeness (QED) is 0.744. The van der Waals surface area contributed by atoms with Crippen LogP contribution < -0.4 is 14.8 Å². The molecule has 1 N–H and O–H groups in total. The van der Waals surface area contributed by atoms with Gasteiger partial charge in [0, 0.05) is 17.4 Å². The van der Waals surface area contributed by atoms with Crippen LogP contribution in [0.4, 0.5) is 0 Å². The van der Waals surface area contributed by atoms with Gasteiger partial charge in [0.1, 0.15) is 0 Å². The van der Waals surface area contributed by atoms with Gasteiger partial charge < -0.3 is 14.8 Å². The van der Waals surface area contributed by atoms with Gasteiger partial charge in [0.2, 0.25) is 5.91 Å². The van der Waals surface area contributed by atoms with Crippen LogP contribution in [-0.2, 0) is 17.6 Å². The maximum Gasteiger partial charge on any atom is 0.220 e. The maximum atomic E-state index is 11.9. The number of amides is 1. The van der Waals surface area contributed by atoms with Crippen molar-refractivity contribution in [1.82, 2.24) is 5.32 Å². The number of hydrogen-bond donors (Lipinski definition) is 1. The first-order chi connectivity index (χ1) is 11.6. The summed E-state index contributed by atoms with van der Waals surface area (Å²) in [6.07, 6.45) is 1.98. The molecule has 0 radical (unpaired) electrons. The average molecular weight is 392 g/mol. The lowest BCUT2D eigenvalue weighted by atomic mass is 10.1. The summed E-state index contributed by atoms with van der Waals surface area (Å²) in [5, 5.41) is 2.96. The summed E-state index contributed by atoms with van der Waals surface area (Å²) in [4.78, 5) is 11.9. The van der Waals surface area contributed by atoms with Crippen LogP contribution in [-0.4, -0.2) is 26.7 Å². The van der Waals surface area contributed by atoms with Crippen LogP contribution in [0.3, 0.4) is 0 Å². The molecule has 0 spiro atoms. The standard InChI is InChI=1S/C19H22BrNO3/c1-23-17-8-6-15(13-18(17)24-2)10-11-21-19(22)9-7-14-4-3-5-16(20)12-14/h3-6,8,12-13H,7,9-11H2,1-2H3,(H,21,22). The minimum atomic E-state index is 0.0652. The molecule has 0 bridgehead atoms. The Bertz CT molecular complexity index is 688. The van der Waals surface area contributed by atoms with Crippen molar-refractivity contribution in [3.63, 3.8) is 0 Å². The lowest BCUT2D eigenvalue weighted by Crippen LogP contribution is -2.25. The second-order valence-electron chi connectivity index (χ2n) is 5.42. The Labute approximate surface area is 151 Å². The van der Waals surface area contributed by atoms with E-state index in [-0.39, 0.29) is 5.91 Å². The van der Waals surface area contributed by atoms with E-state index < -0.39 is 0 Å². The lowest BCUT2D eigenvalue weighted by Gasteiger charge is -2.10. The molecule has 0 aromatic heterocycles. The zero-order valence-corrected chi connectivity index (χ0v) is 15.6. The van der Waals surface area contributed by atoms with Crippen molar-refractivity contribution in [3.05, 3.63) is 58.1 Å². The van der Waals surface area contributed by atoms with E-state index in [0.29, 0.717) is 24.5 Å². The van der Waals surface area contributed by atoms with Crippen molar-refractivity contribution in [2.24, 2.45) is 0 Å². The molecule has 1 amide bonds. The number of rotatable bonds is 8. The highest BCUT2D eigenvalue weighted by atomic mass is 79.9. The molecular weight excluding hydrogens is 370 g/mol. The molecule has 5 heteroatoms. The van der Waals surface area contributed by atoms with Crippen LogP contribution in [0.5, 0.6) is 11.5 Å². The predicted molar refractivity (Wildman–Crippen MR) is 98.7 cm³/mol. The lowest BCUT2D eigenvalue weighted by molar-refractivity contribution is -0.121. The first-order valence-electron chi connectivity index (χ1n) is 7.84. The molecule has 0 atom stereocenters. The van der Waals surface area contributed by atoms with Crippen molar-refractivity contribution in [2.45, 2.75) is 19.3 Å². The number of benzene rings is 2. The van der Waals surface area contributed by atoms with Crippen molar-refractivity contribution in [3.8, 4) is 11.5 Å². The number of hydrogen-bond acceptors (Lipinski definition) is 3. The molecule has 2 aromatic rings. The van der Waals surface area contributed by atoms with E-state index in [1.54, 1.807) is 14.2 Å². The molecule has 4 nitrogen and oxygen atoms in total. The van der Waals surface area contributed by atoms with Gasteiger partial charge in [-0.15, -0.1) is 0 Å². The van der Waals surface area contributed by atoms with Crippen LogP contribution in [0.25, 0.3) is 0 Å². The Morgan fingerprint density at radius 1 is 1.00 bits per heavy atom. The van der Waals surface area contributed by atoms with Gasteiger partial charge in [-0.3, -0.25) is 4.79 Å². The van der Waals surface area contributed by atoms with Gasteiger partial charge in [-0.05, 0) is 48.2 Å². The number of carbonyl (C=O) groups excluding carboxylic acids is 1. The zero-order valence-electron chi connectivity index (χ0n) is 14.0. The number of halogens is 1. The van der Waals surface area contributed by atoms with E-state index in [1.165, 1.54) is 0 Å². The van der Waals surface area contributed by atoms with Crippen molar-refractivity contribution < 1.29 is 14.3 Å². The topological polar surface area (TPSA) is 47.6 Å². The normalized spacial score (nSPS) is 10.3. The van der Waals surface area contributed by atoms with E-state index in [2.05, 4.69) is 21.2 Å². The largest absolute Gasteiger partial charge is 0.493 e. The number of nitrogens with one attached hydrogen (secondary N) is 1. The molecule has 0 aliphatic heterocycles. The van der Waals surface area contributed by atoms with E-state index >= 15 is 0 Å². The fraction of sp³-hybridized carbons (Fsp3) is 0.316. The Kier molecular flexibility index (Phi) is 7.12. The van der Waals surface area contributed by atoms with Gasteiger partial charge in [-0.25, -0.2) is 0 Å². The molecule has 2 rings (SSSR count). The Balaban J connectivity index is 1.76. The smallest absolute Gasteiger partial charge is 0.220 e. The van der Waals surface area contributed by atoms with Gasteiger partial charge in [0.15, 0.2) is 11.5 Å². The van der Waals surface area contributed by atoms with Gasteiger partial charge >= 0.3 is 0 Å². The Hall–Kier alpha value is -2.01. The summed E-state index contributed by atoms with van der Waals surface area (Å²) < 4.78 is 11.5. The minimum absolute atomic E-state index is 0.0652. The molecule has 0 aliphatic carbocycles. The van der Waals surface area contributed by atoms with Crippen molar-refractivity contribution in [2.75, 3.05) is 20.8 Å². The van der Waals surface area contributed by atoms with E-state index in [1.807, 2.05) is 42.5 Å². The molecule has 24 heavy (non-hydrogen) atoms. The summed E-state index contributed by atoms with van der Waals surface area (Å²) in [7, 11) is 3.23. The third kappa shape index (κ3) is 5.57. The summed E-state index contributed by atoms with van der Waals surface area (Å²) >= 11 is 3.44. The summed E-state index contributed by atoms with van der Waals surface area (Å²) in [6, 6.07) is 13.8. The molecule has 0 unspecified atom stereocenters. The zero-order chi connectivity index (χ0) is 17.4. The molecule has 0 aliphatic rings. The van der Waals surface area contributed by atoms with E-state index in [9.17, 15) is 4.79 Å². The molecule has 0 saturated carbocycles. The van der Waals surface area contributed by atoms with Crippen molar-refractivity contribution >= 4 is 21.8 Å². The van der Waals surface area contributed by atoms with Gasteiger partial charge in [-0.1, -0.05) is 34.1 Å².